The van der Waals surface area contributed by atoms with Crippen LogP contribution in [-0.2, 0) is 8.85 Å². The topological polar surface area (TPSA) is 38.7 Å². The Bertz CT molecular complexity index is 598. The van der Waals surface area contributed by atoms with E-state index in [1.165, 1.54) is 26.4 Å². The van der Waals surface area contributed by atoms with Crippen molar-refractivity contribution >= 4 is 14.0 Å². The highest BCUT2D eigenvalue weighted by Crippen LogP contribution is 2.23. The van der Waals surface area contributed by atoms with Gasteiger partial charge < -0.3 is 13.6 Å². The first kappa shape index (κ1) is 14.8. The zero-order valence-electron chi connectivity index (χ0n) is 11.1. The fourth-order valence-electron chi connectivity index (χ4n) is 1.90. The summed E-state index contributed by atoms with van der Waals surface area (Å²) in [5.41, 5.74) is 0.868. The number of benzene rings is 2. The second kappa shape index (κ2) is 5.80. The molecule has 2 aromatic carbocycles. The summed E-state index contributed by atoms with van der Waals surface area (Å²) in [7, 11) is -0.645. The monoisotopic (exact) mass is 296 g/mol. The lowest BCUT2D eigenvalue weighted by Crippen LogP contribution is -2.52. The van der Waals surface area contributed by atoms with Crippen molar-refractivity contribution in [1.29, 1.82) is 0 Å². The summed E-state index contributed by atoms with van der Waals surface area (Å²) in [6.07, 6.45) is 0. The van der Waals surface area contributed by atoms with Crippen molar-refractivity contribution in [2.24, 2.45) is 0 Å². The first-order chi connectivity index (χ1) is 9.50. The van der Waals surface area contributed by atoms with Gasteiger partial charge in [-0.3, -0.25) is 0 Å². The quantitative estimate of drug-likeness (QED) is 0.878. The van der Waals surface area contributed by atoms with E-state index in [0.717, 1.165) is 6.07 Å². The number of hydrogen-bond donors (Lipinski definition) is 1. The fourth-order valence-corrected chi connectivity index (χ4v) is 3.13. The van der Waals surface area contributed by atoms with E-state index in [4.69, 9.17) is 8.85 Å². The molecule has 0 aliphatic carbocycles. The van der Waals surface area contributed by atoms with Gasteiger partial charge in [0.25, 0.3) is 0 Å². The Labute approximate surface area is 116 Å². The molecular weight excluding hydrogens is 282 g/mol. The lowest BCUT2D eigenvalue weighted by molar-refractivity contribution is 0.169. The maximum absolute atomic E-state index is 13.7. The van der Waals surface area contributed by atoms with Crippen LogP contribution < -0.4 is 5.19 Å². The maximum Gasteiger partial charge on any atom is 0.533 e. The number of hydrogen-bond acceptors (Lipinski definition) is 3. The van der Waals surface area contributed by atoms with E-state index in [1.807, 2.05) is 0 Å². The van der Waals surface area contributed by atoms with Crippen LogP contribution in [0.5, 0.6) is 0 Å². The van der Waals surface area contributed by atoms with Gasteiger partial charge in [-0.05, 0) is 17.7 Å². The molecule has 1 N–H and O–H groups in total. The molecule has 0 unspecified atom stereocenters. The van der Waals surface area contributed by atoms with E-state index in [1.54, 1.807) is 24.3 Å². The Morgan fingerprint density at radius 3 is 2.05 bits per heavy atom. The van der Waals surface area contributed by atoms with Crippen LogP contribution >= 0.6 is 0 Å². The summed E-state index contributed by atoms with van der Waals surface area (Å²) >= 11 is 0. The average Bonchev–Trinajstić information content (AvgIpc) is 2.47. The van der Waals surface area contributed by atoms with Crippen molar-refractivity contribution in [3.63, 3.8) is 0 Å². The van der Waals surface area contributed by atoms with Gasteiger partial charge in [-0.15, -0.1) is 0 Å². The number of rotatable bonds is 4. The zero-order valence-corrected chi connectivity index (χ0v) is 12.1. The summed E-state index contributed by atoms with van der Waals surface area (Å²) in [5.74, 6) is -1.26. The van der Waals surface area contributed by atoms with Crippen LogP contribution in [0.3, 0.4) is 0 Å². The van der Waals surface area contributed by atoms with Gasteiger partial charge in [-0.2, -0.15) is 0 Å². The minimum Gasteiger partial charge on any atom is -0.386 e. The Morgan fingerprint density at radius 2 is 1.55 bits per heavy atom. The van der Waals surface area contributed by atoms with Gasteiger partial charge in [-0.1, -0.05) is 24.3 Å². The molecule has 0 heterocycles. The van der Waals surface area contributed by atoms with Crippen LogP contribution in [0.25, 0.3) is 11.1 Å². The van der Waals surface area contributed by atoms with E-state index < -0.39 is 20.4 Å². The summed E-state index contributed by atoms with van der Waals surface area (Å²) in [5, 5.41) is 0.508. The third-order valence-electron chi connectivity index (χ3n) is 3.05. The van der Waals surface area contributed by atoms with Crippen LogP contribution in [0.15, 0.2) is 42.5 Å². The second-order valence-corrected chi connectivity index (χ2v) is 6.75. The summed E-state index contributed by atoms with van der Waals surface area (Å²) < 4.78 is 36.6. The SMILES string of the molecule is CO[Si](O)(OC)c1ccc(-c2ccc(F)cc2F)cc1. The molecule has 20 heavy (non-hydrogen) atoms. The summed E-state index contributed by atoms with van der Waals surface area (Å²) in [6, 6.07) is 9.87. The first-order valence-corrected chi connectivity index (χ1v) is 7.65. The molecule has 0 aliphatic rings. The molecule has 0 spiro atoms. The standard InChI is InChI=1S/C14H14F2O3Si/c1-18-20(17,19-2)12-6-3-10(4-7-12)13-8-5-11(15)9-14(13)16/h3-9,17H,1-2H3. The Hall–Kier alpha value is -1.60. The van der Waals surface area contributed by atoms with Crippen molar-refractivity contribution in [1.82, 2.24) is 0 Å². The van der Waals surface area contributed by atoms with Gasteiger partial charge in [0, 0.05) is 31.0 Å². The predicted octanol–water partition coefficient (Wildman–Crippen LogP) is 2.06. The fraction of sp³-hybridized carbons (Fsp3) is 0.143. The summed E-state index contributed by atoms with van der Waals surface area (Å²) in [6.45, 7) is 0. The third kappa shape index (κ3) is 2.78. The average molecular weight is 296 g/mol. The Morgan fingerprint density at radius 1 is 0.950 bits per heavy atom. The van der Waals surface area contributed by atoms with Crippen LogP contribution in [0, 0.1) is 11.6 Å². The van der Waals surface area contributed by atoms with Crippen molar-refractivity contribution in [3.05, 3.63) is 54.1 Å². The minimum atomic E-state index is -3.37. The Kier molecular flexibility index (Phi) is 4.29. The normalized spacial score (nSPS) is 11.7. The zero-order chi connectivity index (χ0) is 14.8. The molecule has 106 valence electrons. The molecule has 0 saturated carbocycles. The van der Waals surface area contributed by atoms with Crippen LogP contribution in [0.1, 0.15) is 0 Å². The van der Waals surface area contributed by atoms with Gasteiger partial charge >= 0.3 is 8.80 Å². The number of halogens is 2. The molecule has 0 radical (unpaired) electrons. The van der Waals surface area contributed by atoms with Crippen molar-refractivity contribution < 1.29 is 22.4 Å². The maximum atomic E-state index is 13.7. The van der Waals surface area contributed by atoms with Crippen molar-refractivity contribution in [2.75, 3.05) is 14.2 Å². The molecule has 0 atom stereocenters. The van der Waals surface area contributed by atoms with E-state index in [9.17, 15) is 13.6 Å². The van der Waals surface area contributed by atoms with Gasteiger partial charge in [0.1, 0.15) is 11.6 Å². The molecule has 0 bridgehead atoms. The highest BCUT2D eigenvalue weighted by Gasteiger charge is 2.37. The molecule has 2 rings (SSSR count). The van der Waals surface area contributed by atoms with Gasteiger partial charge in [0.15, 0.2) is 0 Å². The van der Waals surface area contributed by atoms with Crippen LogP contribution in [0.4, 0.5) is 8.78 Å². The van der Waals surface area contributed by atoms with Gasteiger partial charge in [0.05, 0.1) is 0 Å². The first-order valence-electron chi connectivity index (χ1n) is 5.89. The lowest BCUT2D eigenvalue weighted by atomic mass is 10.1. The highest BCUT2D eigenvalue weighted by atomic mass is 28.4. The second-order valence-electron chi connectivity index (χ2n) is 4.19. The predicted molar refractivity (Wildman–Crippen MR) is 73.4 cm³/mol. The summed E-state index contributed by atoms with van der Waals surface area (Å²) in [4.78, 5) is 10.1. The third-order valence-corrected chi connectivity index (χ3v) is 5.21. The van der Waals surface area contributed by atoms with Crippen LogP contribution in [-0.4, -0.2) is 27.8 Å². The van der Waals surface area contributed by atoms with E-state index in [-0.39, 0.29) is 5.56 Å². The van der Waals surface area contributed by atoms with Gasteiger partial charge in [-0.25, -0.2) is 8.78 Å². The molecule has 6 heteroatoms. The van der Waals surface area contributed by atoms with Crippen molar-refractivity contribution in [2.45, 2.75) is 0 Å². The molecule has 0 aromatic heterocycles. The molecule has 0 amide bonds. The van der Waals surface area contributed by atoms with Crippen molar-refractivity contribution in [3.8, 4) is 11.1 Å². The molecule has 0 aliphatic heterocycles. The highest BCUT2D eigenvalue weighted by molar-refractivity contribution is 6.74. The smallest absolute Gasteiger partial charge is 0.386 e. The molecular formula is C14H14F2O3Si. The van der Waals surface area contributed by atoms with E-state index >= 15 is 0 Å². The molecule has 0 fully saturated rings. The van der Waals surface area contributed by atoms with Gasteiger partial charge in [0.2, 0.25) is 0 Å². The molecule has 3 nitrogen and oxygen atoms in total. The van der Waals surface area contributed by atoms with E-state index in [2.05, 4.69) is 0 Å². The molecule has 0 saturated heterocycles. The Balaban J connectivity index is 2.37. The van der Waals surface area contributed by atoms with E-state index in [0.29, 0.717) is 10.8 Å². The lowest BCUT2D eigenvalue weighted by Gasteiger charge is -2.20. The van der Waals surface area contributed by atoms with Crippen LogP contribution in [0.2, 0.25) is 0 Å². The molecule has 2 aromatic rings. The minimum absolute atomic E-state index is 0.290. The largest absolute Gasteiger partial charge is 0.533 e.